The molecule has 1 saturated heterocycles. The summed E-state index contributed by atoms with van der Waals surface area (Å²) in [6.07, 6.45) is 2.62. The fourth-order valence-corrected chi connectivity index (χ4v) is 3.39. The predicted molar refractivity (Wildman–Crippen MR) is 95.2 cm³/mol. The van der Waals surface area contributed by atoms with Gasteiger partial charge in [0.25, 0.3) is 0 Å². The van der Waals surface area contributed by atoms with Crippen LogP contribution in [0.2, 0.25) is 0 Å². The molecule has 0 spiro atoms. The highest BCUT2D eigenvalue weighted by Crippen LogP contribution is 2.43. The molecule has 1 aliphatic carbocycles. The maximum atomic E-state index is 12.3. The van der Waals surface area contributed by atoms with Gasteiger partial charge in [-0.15, -0.1) is 0 Å². The quantitative estimate of drug-likeness (QED) is 0.870. The SMILES string of the molecule is COCCC(=O)N1CCN(c2nc(C3CC3)c(N)cc2C#N)CC1C. The Morgan fingerprint density at radius 2 is 2.24 bits per heavy atom. The van der Waals surface area contributed by atoms with Gasteiger partial charge in [0.1, 0.15) is 11.9 Å². The minimum atomic E-state index is 0.0633. The van der Waals surface area contributed by atoms with E-state index in [9.17, 15) is 10.1 Å². The summed E-state index contributed by atoms with van der Waals surface area (Å²) >= 11 is 0. The van der Waals surface area contributed by atoms with Crippen LogP contribution < -0.4 is 10.6 Å². The molecule has 0 bridgehead atoms. The normalized spacial score (nSPS) is 20.4. The molecule has 0 radical (unpaired) electrons. The van der Waals surface area contributed by atoms with Crippen LogP contribution in [0.4, 0.5) is 11.5 Å². The fraction of sp³-hybridized carbons (Fsp3) is 0.611. The molecule has 1 aromatic rings. The lowest BCUT2D eigenvalue weighted by Crippen LogP contribution is -2.54. The zero-order valence-corrected chi connectivity index (χ0v) is 14.9. The molecule has 0 aromatic carbocycles. The number of nitrogens with zero attached hydrogens (tertiary/aromatic N) is 4. The maximum Gasteiger partial charge on any atom is 0.225 e. The Morgan fingerprint density at radius 1 is 1.48 bits per heavy atom. The number of carbonyl (C=O) groups is 1. The molecule has 25 heavy (non-hydrogen) atoms. The number of rotatable bonds is 5. The summed E-state index contributed by atoms with van der Waals surface area (Å²) in [5, 5.41) is 9.47. The minimum absolute atomic E-state index is 0.0633. The molecule has 134 valence electrons. The second-order valence-corrected chi connectivity index (χ2v) is 6.85. The van der Waals surface area contributed by atoms with Crippen molar-refractivity contribution in [2.45, 2.75) is 38.1 Å². The number of piperazine rings is 1. The molecular formula is C18H25N5O2. The van der Waals surface area contributed by atoms with E-state index in [0.717, 1.165) is 18.5 Å². The van der Waals surface area contributed by atoms with Crippen LogP contribution in [0, 0.1) is 11.3 Å². The summed E-state index contributed by atoms with van der Waals surface area (Å²) in [7, 11) is 1.60. The highest BCUT2D eigenvalue weighted by atomic mass is 16.5. The van der Waals surface area contributed by atoms with Crippen LogP contribution >= 0.6 is 0 Å². The van der Waals surface area contributed by atoms with E-state index in [1.165, 1.54) is 0 Å². The third kappa shape index (κ3) is 3.69. The van der Waals surface area contributed by atoms with E-state index in [1.54, 1.807) is 13.2 Å². The standard InChI is InChI=1S/C18H25N5O2/c1-12-11-22(6-7-23(12)16(24)5-8-25-2)18-14(10-19)9-15(20)17(21-18)13-3-4-13/h9,12-13H,3-8,11,20H2,1-2H3. The molecule has 1 amide bonds. The van der Waals surface area contributed by atoms with E-state index in [4.69, 9.17) is 15.5 Å². The van der Waals surface area contributed by atoms with Crippen LogP contribution in [0.5, 0.6) is 0 Å². The number of aromatic nitrogens is 1. The average Bonchev–Trinajstić information content (AvgIpc) is 3.44. The zero-order chi connectivity index (χ0) is 18.0. The van der Waals surface area contributed by atoms with Crippen molar-refractivity contribution < 1.29 is 9.53 Å². The largest absolute Gasteiger partial charge is 0.397 e. The number of hydrogen-bond donors (Lipinski definition) is 1. The number of anilines is 2. The second-order valence-electron chi connectivity index (χ2n) is 6.85. The van der Waals surface area contributed by atoms with Crippen LogP contribution in [0.25, 0.3) is 0 Å². The molecule has 1 aliphatic heterocycles. The summed E-state index contributed by atoms with van der Waals surface area (Å²) in [5.41, 5.74) is 8.11. The first kappa shape index (κ1) is 17.5. The number of nitrogen functional groups attached to an aromatic ring is 1. The first-order chi connectivity index (χ1) is 12.0. The van der Waals surface area contributed by atoms with E-state index < -0.39 is 0 Å². The van der Waals surface area contributed by atoms with Crippen LogP contribution in [0.3, 0.4) is 0 Å². The number of pyridine rings is 1. The van der Waals surface area contributed by atoms with E-state index in [0.29, 0.717) is 55.6 Å². The van der Waals surface area contributed by atoms with Crippen molar-refractivity contribution in [2.75, 3.05) is 44.0 Å². The van der Waals surface area contributed by atoms with Crippen molar-refractivity contribution in [2.24, 2.45) is 0 Å². The Hall–Kier alpha value is -2.33. The fourth-order valence-electron chi connectivity index (χ4n) is 3.39. The summed E-state index contributed by atoms with van der Waals surface area (Å²) in [6.45, 7) is 4.42. The lowest BCUT2D eigenvalue weighted by atomic mass is 10.1. The molecule has 7 heteroatoms. The molecule has 2 fully saturated rings. The summed E-state index contributed by atoms with van der Waals surface area (Å²) < 4.78 is 5.00. The molecule has 1 aromatic heterocycles. The van der Waals surface area contributed by atoms with Gasteiger partial charge < -0.3 is 20.3 Å². The van der Waals surface area contributed by atoms with Gasteiger partial charge in [0.15, 0.2) is 0 Å². The van der Waals surface area contributed by atoms with Gasteiger partial charge in [-0.2, -0.15) is 5.26 Å². The van der Waals surface area contributed by atoms with Gasteiger partial charge in [0, 0.05) is 38.7 Å². The number of nitriles is 1. The Bertz CT molecular complexity index is 695. The third-order valence-electron chi connectivity index (χ3n) is 4.91. The topological polar surface area (TPSA) is 95.5 Å². The molecule has 1 unspecified atom stereocenters. The van der Waals surface area contributed by atoms with Crippen LogP contribution in [0.15, 0.2) is 6.07 Å². The molecular weight excluding hydrogens is 318 g/mol. The van der Waals surface area contributed by atoms with Crippen LogP contribution in [-0.4, -0.2) is 55.2 Å². The minimum Gasteiger partial charge on any atom is -0.397 e. The molecule has 1 saturated carbocycles. The first-order valence-electron chi connectivity index (χ1n) is 8.79. The van der Waals surface area contributed by atoms with Gasteiger partial charge in [0.2, 0.25) is 5.91 Å². The van der Waals surface area contributed by atoms with Crippen LogP contribution in [-0.2, 0) is 9.53 Å². The van der Waals surface area contributed by atoms with Gasteiger partial charge in [-0.25, -0.2) is 4.98 Å². The molecule has 2 N–H and O–H groups in total. The van der Waals surface area contributed by atoms with Crippen molar-refractivity contribution in [3.05, 3.63) is 17.3 Å². The number of carbonyl (C=O) groups excluding carboxylic acids is 1. The van der Waals surface area contributed by atoms with Crippen molar-refractivity contribution in [3.8, 4) is 6.07 Å². The Kier molecular flexibility index (Phi) is 5.09. The Balaban J connectivity index is 1.76. The monoisotopic (exact) mass is 343 g/mol. The molecule has 7 nitrogen and oxygen atoms in total. The molecule has 1 atom stereocenters. The van der Waals surface area contributed by atoms with E-state index in [-0.39, 0.29) is 11.9 Å². The smallest absolute Gasteiger partial charge is 0.225 e. The third-order valence-corrected chi connectivity index (χ3v) is 4.91. The lowest BCUT2D eigenvalue weighted by molar-refractivity contribution is -0.134. The lowest BCUT2D eigenvalue weighted by Gasteiger charge is -2.40. The van der Waals surface area contributed by atoms with Crippen molar-refractivity contribution in [3.63, 3.8) is 0 Å². The second kappa shape index (κ2) is 7.28. The van der Waals surface area contributed by atoms with Gasteiger partial charge >= 0.3 is 0 Å². The van der Waals surface area contributed by atoms with Gasteiger partial charge in [-0.3, -0.25) is 4.79 Å². The van der Waals surface area contributed by atoms with E-state index >= 15 is 0 Å². The molecule has 2 heterocycles. The highest BCUT2D eigenvalue weighted by molar-refractivity contribution is 5.77. The van der Waals surface area contributed by atoms with Crippen molar-refractivity contribution >= 4 is 17.4 Å². The zero-order valence-electron chi connectivity index (χ0n) is 14.9. The summed E-state index contributed by atoms with van der Waals surface area (Å²) in [5.74, 6) is 1.24. The molecule has 3 rings (SSSR count). The van der Waals surface area contributed by atoms with Gasteiger partial charge in [0.05, 0.1) is 30.0 Å². The number of nitrogens with two attached hydrogens (primary N) is 1. The van der Waals surface area contributed by atoms with Gasteiger partial charge in [-0.1, -0.05) is 0 Å². The van der Waals surface area contributed by atoms with Crippen molar-refractivity contribution in [1.29, 1.82) is 5.26 Å². The number of amides is 1. The van der Waals surface area contributed by atoms with Gasteiger partial charge in [-0.05, 0) is 25.8 Å². The Morgan fingerprint density at radius 3 is 2.84 bits per heavy atom. The maximum absolute atomic E-state index is 12.3. The average molecular weight is 343 g/mol. The van der Waals surface area contributed by atoms with Crippen molar-refractivity contribution in [1.82, 2.24) is 9.88 Å². The first-order valence-corrected chi connectivity index (χ1v) is 8.79. The van der Waals surface area contributed by atoms with E-state index in [1.807, 2.05) is 11.8 Å². The predicted octanol–water partition coefficient (Wildman–Crippen LogP) is 1.49. The number of ether oxygens (including phenoxy) is 1. The summed E-state index contributed by atoms with van der Waals surface area (Å²) in [4.78, 5) is 21.0. The molecule has 2 aliphatic rings. The number of methoxy groups -OCH3 is 1. The number of hydrogen-bond acceptors (Lipinski definition) is 6. The Labute approximate surface area is 148 Å². The van der Waals surface area contributed by atoms with E-state index in [2.05, 4.69) is 11.0 Å². The van der Waals surface area contributed by atoms with Crippen LogP contribution in [0.1, 0.15) is 43.4 Å². The highest BCUT2D eigenvalue weighted by Gasteiger charge is 2.32. The summed E-state index contributed by atoms with van der Waals surface area (Å²) in [6, 6.07) is 4.03.